The zero-order valence-corrected chi connectivity index (χ0v) is 12.6. The highest BCUT2D eigenvalue weighted by Crippen LogP contribution is 2.26. The van der Waals surface area contributed by atoms with Crippen LogP contribution in [0.4, 0.5) is 0 Å². The van der Waals surface area contributed by atoms with Crippen molar-refractivity contribution in [2.24, 2.45) is 5.92 Å². The van der Waals surface area contributed by atoms with Gasteiger partial charge in [-0.05, 0) is 45.8 Å². The Kier molecular flexibility index (Phi) is 7.87. The van der Waals surface area contributed by atoms with E-state index in [0.717, 1.165) is 26.2 Å². The Bertz CT molecular complexity index is 203. The molecule has 0 heterocycles. The maximum atomic E-state index is 10.4. The molecule has 3 heteroatoms. The quantitative estimate of drug-likeness (QED) is 0.721. The highest BCUT2D eigenvalue weighted by atomic mass is 16.3. The monoisotopic (exact) mass is 256 g/mol. The van der Waals surface area contributed by atoms with Gasteiger partial charge in [0, 0.05) is 19.6 Å². The molecule has 1 rings (SSSR count). The first-order chi connectivity index (χ1) is 8.63. The van der Waals surface area contributed by atoms with Gasteiger partial charge in [0.25, 0.3) is 0 Å². The Hall–Kier alpha value is -0.120. The van der Waals surface area contributed by atoms with Gasteiger partial charge in [-0.1, -0.05) is 26.2 Å². The molecular weight excluding hydrogens is 224 g/mol. The van der Waals surface area contributed by atoms with Crippen molar-refractivity contribution in [3.8, 4) is 0 Å². The topological polar surface area (TPSA) is 26.7 Å². The van der Waals surface area contributed by atoms with Gasteiger partial charge < -0.3 is 10.0 Å². The van der Waals surface area contributed by atoms with Gasteiger partial charge in [0.05, 0.1) is 6.10 Å². The molecule has 0 aromatic heterocycles. The molecule has 0 saturated heterocycles. The van der Waals surface area contributed by atoms with Gasteiger partial charge in [-0.25, -0.2) is 0 Å². The first-order valence-electron chi connectivity index (χ1n) is 7.68. The lowest BCUT2D eigenvalue weighted by atomic mass is 9.85. The van der Waals surface area contributed by atoms with Crippen LogP contribution in [0.1, 0.15) is 45.4 Å². The molecule has 18 heavy (non-hydrogen) atoms. The van der Waals surface area contributed by atoms with Crippen molar-refractivity contribution in [1.29, 1.82) is 0 Å². The molecule has 0 bridgehead atoms. The molecule has 1 saturated carbocycles. The average molecular weight is 256 g/mol. The van der Waals surface area contributed by atoms with Crippen LogP contribution < -0.4 is 0 Å². The molecular formula is C15H32N2O. The van der Waals surface area contributed by atoms with E-state index in [1.54, 1.807) is 0 Å². The minimum absolute atomic E-state index is 0.112. The number of hydrogen-bond acceptors (Lipinski definition) is 3. The van der Waals surface area contributed by atoms with Gasteiger partial charge in [0.1, 0.15) is 0 Å². The van der Waals surface area contributed by atoms with Crippen molar-refractivity contribution < 1.29 is 5.11 Å². The largest absolute Gasteiger partial charge is 0.392 e. The molecule has 1 aliphatic rings. The van der Waals surface area contributed by atoms with Crippen LogP contribution in [-0.4, -0.2) is 61.3 Å². The van der Waals surface area contributed by atoms with Crippen LogP contribution in [0.5, 0.6) is 0 Å². The molecule has 0 radical (unpaired) electrons. The zero-order chi connectivity index (χ0) is 13.4. The Morgan fingerprint density at radius 3 is 2.28 bits per heavy atom. The van der Waals surface area contributed by atoms with E-state index in [1.165, 1.54) is 38.5 Å². The number of rotatable bonds is 8. The standard InChI is InChI=1S/C15H32N2O/c1-4-10-17(12-11-16(2)3)13-15(18)14-8-6-5-7-9-14/h14-15,18H,4-13H2,1-3H3. The third-order valence-electron chi connectivity index (χ3n) is 4.04. The second-order valence-corrected chi connectivity index (χ2v) is 6.07. The molecule has 3 nitrogen and oxygen atoms in total. The summed E-state index contributed by atoms with van der Waals surface area (Å²) in [5.74, 6) is 0.553. The molecule has 1 aliphatic carbocycles. The molecule has 1 atom stereocenters. The summed E-state index contributed by atoms with van der Waals surface area (Å²) in [6.45, 7) is 6.35. The van der Waals surface area contributed by atoms with E-state index < -0.39 is 0 Å². The van der Waals surface area contributed by atoms with Crippen LogP contribution in [-0.2, 0) is 0 Å². The summed E-state index contributed by atoms with van der Waals surface area (Å²) >= 11 is 0. The molecule has 1 fully saturated rings. The fourth-order valence-corrected chi connectivity index (χ4v) is 2.88. The van der Waals surface area contributed by atoms with E-state index in [4.69, 9.17) is 0 Å². The van der Waals surface area contributed by atoms with Gasteiger partial charge >= 0.3 is 0 Å². The maximum Gasteiger partial charge on any atom is 0.0695 e. The third kappa shape index (κ3) is 6.17. The maximum absolute atomic E-state index is 10.4. The van der Waals surface area contributed by atoms with Crippen LogP contribution in [0.25, 0.3) is 0 Å². The minimum atomic E-state index is -0.112. The number of nitrogens with zero attached hydrogens (tertiary/aromatic N) is 2. The molecule has 1 N–H and O–H groups in total. The lowest BCUT2D eigenvalue weighted by Gasteiger charge is -2.31. The minimum Gasteiger partial charge on any atom is -0.392 e. The van der Waals surface area contributed by atoms with Crippen molar-refractivity contribution in [1.82, 2.24) is 9.80 Å². The lowest BCUT2D eigenvalue weighted by Crippen LogP contribution is -2.40. The predicted octanol–water partition coefficient (Wildman–Crippen LogP) is 2.20. The molecule has 1 unspecified atom stereocenters. The highest BCUT2D eigenvalue weighted by molar-refractivity contribution is 4.76. The summed E-state index contributed by atoms with van der Waals surface area (Å²) in [5, 5.41) is 10.4. The Balaban J connectivity index is 2.33. The predicted molar refractivity (Wildman–Crippen MR) is 77.9 cm³/mol. The molecule has 0 amide bonds. The van der Waals surface area contributed by atoms with Gasteiger partial charge in [0.15, 0.2) is 0 Å². The average Bonchev–Trinajstić information content (AvgIpc) is 2.37. The normalized spacial score (nSPS) is 19.7. The van der Waals surface area contributed by atoms with E-state index >= 15 is 0 Å². The van der Waals surface area contributed by atoms with Crippen LogP contribution >= 0.6 is 0 Å². The second-order valence-electron chi connectivity index (χ2n) is 6.07. The summed E-state index contributed by atoms with van der Waals surface area (Å²) in [7, 11) is 4.23. The van der Waals surface area contributed by atoms with Crippen LogP contribution in [0.15, 0.2) is 0 Å². The molecule has 0 aliphatic heterocycles. The summed E-state index contributed by atoms with van der Waals surface area (Å²) in [6, 6.07) is 0. The van der Waals surface area contributed by atoms with Crippen molar-refractivity contribution >= 4 is 0 Å². The van der Waals surface area contributed by atoms with Gasteiger partial charge in [-0.15, -0.1) is 0 Å². The summed E-state index contributed by atoms with van der Waals surface area (Å²) in [5.41, 5.74) is 0. The molecule has 0 spiro atoms. The van der Waals surface area contributed by atoms with Crippen LogP contribution in [0.3, 0.4) is 0 Å². The zero-order valence-electron chi connectivity index (χ0n) is 12.6. The smallest absolute Gasteiger partial charge is 0.0695 e. The Morgan fingerprint density at radius 2 is 1.72 bits per heavy atom. The van der Waals surface area contributed by atoms with E-state index in [0.29, 0.717) is 5.92 Å². The van der Waals surface area contributed by atoms with Gasteiger partial charge in [0.2, 0.25) is 0 Å². The van der Waals surface area contributed by atoms with E-state index in [9.17, 15) is 5.11 Å². The second kappa shape index (κ2) is 8.89. The van der Waals surface area contributed by atoms with Crippen molar-refractivity contribution in [3.63, 3.8) is 0 Å². The lowest BCUT2D eigenvalue weighted by molar-refractivity contribution is 0.0458. The van der Waals surface area contributed by atoms with E-state index in [-0.39, 0.29) is 6.10 Å². The van der Waals surface area contributed by atoms with E-state index in [2.05, 4.69) is 30.8 Å². The van der Waals surface area contributed by atoms with Crippen LogP contribution in [0, 0.1) is 5.92 Å². The first-order valence-corrected chi connectivity index (χ1v) is 7.68. The summed E-state index contributed by atoms with van der Waals surface area (Å²) in [6.07, 6.45) is 7.51. The first kappa shape index (κ1) is 15.9. The molecule has 0 aromatic rings. The molecule has 108 valence electrons. The Morgan fingerprint density at radius 1 is 1.06 bits per heavy atom. The van der Waals surface area contributed by atoms with E-state index in [1.807, 2.05) is 0 Å². The van der Waals surface area contributed by atoms with Crippen molar-refractivity contribution in [3.05, 3.63) is 0 Å². The highest BCUT2D eigenvalue weighted by Gasteiger charge is 2.23. The van der Waals surface area contributed by atoms with Gasteiger partial charge in [-0.3, -0.25) is 4.90 Å². The Labute approximate surface area is 113 Å². The number of likely N-dealkylation sites (N-methyl/N-ethyl adjacent to an activating group) is 1. The fraction of sp³-hybridized carbons (Fsp3) is 1.00. The number of aliphatic hydroxyl groups excluding tert-OH is 1. The fourth-order valence-electron chi connectivity index (χ4n) is 2.88. The van der Waals surface area contributed by atoms with Crippen molar-refractivity contribution in [2.75, 3.05) is 40.3 Å². The third-order valence-corrected chi connectivity index (χ3v) is 4.04. The summed E-state index contributed by atoms with van der Waals surface area (Å²) < 4.78 is 0. The van der Waals surface area contributed by atoms with Gasteiger partial charge in [-0.2, -0.15) is 0 Å². The van der Waals surface area contributed by atoms with Crippen LogP contribution in [0.2, 0.25) is 0 Å². The number of aliphatic hydroxyl groups is 1. The SMILES string of the molecule is CCCN(CCN(C)C)CC(O)C1CCCCC1. The number of hydrogen-bond donors (Lipinski definition) is 1. The van der Waals surface area contributed by atoms with Crippen molar-refractivity contribution in [2.45, 2.75) is 51.6 Å². The summed E-state index contributed by atoms with van der Waals surface area (Å²) in [4.78, 5) is 4.65. The molecule has 0 aromatic carbocycles.